The number of amides is 2. The molecule has 0 aromatic rings. The summed E-state index contributed by atoms with van der Waals surface area (Å²) in [6.07, 6.45) is -3.21. The number of carbonyl (C=O) groups is 4. The highest BCUT2D eigenvalue weighted by molar-refractivity contribution is 6.35. The third-order valence-electron chi connectivity index (χ3n) is 4.61. The van der Waals surface area contributed by atoms with Gasteiger partial charge in [0.2, 0.25) is 18.2 Å². The average Bonchev–Trinajstić information content (AvgIpc) is 2.62. The molecule has 0 saturated heterocycles. The van der Waals surface area contributed by atoms with Crippen LogP contribution in [0, 0.1) is 11.8 Å². The summed E-state index contributed by atoms with van der Waals surface area (Å²) in [6.45, 7) is 11.2. The second kappa shape index (κ2) is 13.3. The summed E-state index contributed by atoms with van der Waals surface area (Å²) >= 11 is 0. The lowest BCUT2D eigenvalue weighted by atomic mass is 9.96. The van der Waals surface area contributed by atoms with Gasteiger partial charge in [-0.25, -0.2) is 13.6 Å². The number of hydrogen-bond donors (Lipinski definition) is 4. The molecule has 4 N–H and O–H groups in total. The van der Waals surface area contributed by atoms with Crippen molar-refractivity contribution in [1.29, 1.82) is 0 Å². The Morgan fingerprint density at radius 1 is 0.867 bits per heavy atom. The third-order valence-corrected chi connectivity index (χ3v) is 4.61. The van der Waals surface area contributed by atoms with Gasteiger partial charge in [-0.15, -0.1) is 0 Å². The number of rotatable bonds is 14. The largest absolute Gasteiger partial charge is 0.475 e. The van der Waals surface area contributed by atoms with Crippen LogP contribution in [0.4, 0.5) is 8.78 Å². The highest BCUT2D eigenvalue weighted by Crippen LogP contribution is 2.12. The van der Waals surface area contributed by atoms with Gasteiger partial charge in [-0.3, -0.25) is 14.4 Å². The molecule has 0 spiro atoms. The third kappa shape index (κ3) is 10.1. The second-order valence-corrected chi connectivity index (χ2v) is 8.23. The lowest BCUT2D eigenvalue weighted by Gasteiger charge is -2.29. The minimum absolute atomic E-state index is 0.00994. The van der Waals surface area contributed by atoms with Crippen LogP contribution in [0.3, 0.4) is 0 Å². The standard InChI is InChI=1S/C20H35F2N3O5/c1-7-12(6)16(23-11(4)5)19(28)25-14(8-10(2)3)18(27)24-13(9-15(21)22)17(26)20(29)30/h10-16,23H,7-9H2,1-6H3,(H,24,27)(H,25,28)(H,29,30). The highest BCUT2D eigenvalue weighted by Gasteiger charge is 2.34. The molecule has 8 nitrogen and oxygen atoms in total. The van der Waals surface area contributed by atoms with E-state index in [-0.39, 0.29) is 24.3 Å². The molecule has 0 bridgehead atoms. The predicted octanol–water partition coefficient (Wildman–Crippen LogP) is 1.72. The molecule has 0 rings (SSSR count). The molecule has 0 aliphatic rings. The SMILES string of the molecule is CCC(C)C(NC(C)C)C(=O)NC(CC(C)C)C(=O)NC(CC(F)F)C(=O)C(=O)O. The van der Waals surface area contributed by atoms with E-state index < -0.39 is 54.5 Å². The van der Waals surface area contributed by atoms with Crippen molar-refractivity contribution in [3.63, 3.8) is 0 Å². The fraction of sp³-hybridized carbons (Fsp3) is 0.800. The number of carboxylic acids is 1. The van der Waals surface area contributed by atoms with Gasteiger partial charge in [0.1, 0.15) is 12.1 Å². The molecule has 0 aromatic carbocycles. The van der Waals surface area contributed by atoms with E-state index in [1.165, 1.54) is 0 Å². The normalized spacial score (nSPS) is 15.6. The summed E-state index contributed by atoms with van der Waals surface area (Å²) in [5.41, 5.74) is 0. The summed E-state index contributed by atoms with van der Waals surface area (Å²) in [4.78, 5) is 48.1. The molecule has 0 radical (unpaired) electrons. The predicted molar refractivity (Wildman–Crippen MR) is 108 cm³/mol. The van der Waals surface area contributed by atoms with Crippen molar-refractivity contribution < 1.29 is 33.1 Å². The number of carbonyl (C=O) groups excluding carboxylic acids is 3. The van der Waals surface area contributed by atoms with Crippen LogP contribution < -0.4 is 16.0 Å². The summed E-state index contributed by atoms with van der Waals surface area (Å²) in [5, 5.41) is 16.7. The topological polar surface area (TPSA) is 125 Å². The molecule has 0 heterocycles. The van der Waals surface area contributed by atoms with E-state index in [0.717, 1.165) is 0 Å². The first-order valence-corrected chi connectivity index (χ1v) is 10.2. The van der Waals surface area contributed by atoms with Gasteiger partial charge in [0.15, 0.2) is 0 Å². The molecule has 0 saturated carbocycles. The van der Waals surface area contributed by atoms with Gasteiger partial charge < -0.3 is 21.1 Å². The summed E-state index contributed by atoms with van der Waals surface area (Å²) in [6, 6.07) is -3.54. The van der Waals surface area contributed by atoms with Crippen molar-refractivity contribution in [3.8, 4) is 0 Å². The Kier molecular flexibility index (Phi) is 12.3. The Morgan fingerprint density at radius 2 is 1.40 bits per heavy atom. The van der Waals surface area contributed by atoms with E-state index in [9.17, 15) is 28.0 Å². The Balaban J connectivity index is 5.53. The second-order valence-electron chi connectivity index (χ2n) is 8.23. The molecule has 0 aliphatic heterocycles. The van der Waals surface area contributed by atoms with Crippen molar-refractivity contribution in [1.82, 2.24) is 16.0 Å². The monoisotopic (exact) mass is 435 g/mol. The molecule has 174 valence electrons. The van der Waals surface area contributed by atoms with Gasteiger partial charge in [0, 0.05) is 12.5 Å². The first-order chi connectivity index (χ1) is 13.8. The van der Waals surface area contributed by atoms with Crippen LogP contribution in [0.1, 0.15) is 60.8 Å². The van der Waals surface area contributed by atoms with E-state index in [2.05, 4.69) is 16.0 Å². The first-order valence-electron chi connectivity index (χ1n) is 10.2. The zero-order valence-electron chi connectivity index (χ0n) is 18.5. The zero-order chi connectivity index (χ0) is 23.6. The number of halogens is 2. The van der Waals surface area contributed by atoms with Crippen LogP contribution in [-0.4, -0.2) is 59.3 Å². The zero-order valence-corrected chi connectivity index (χ0v) is 18.5. The van der Waals surface area contributed by atoms with Crippen molar-refractivity contribution in [2.45, 2.75) is 91.4 Å². The Hall–Kier alpha value is -2.10. The van der Waals surface area contributed by atoms with E-state index >= 15 is 0 Å². The first kappa shape index (κ1) is 27.9. The lowest BCUT2D eigenvalue weighted by Crippen LogP contribution is -2.58. The van der Waals surface area contributed by atoms with E-state index in [1.807, 2.05) is 41.5 Å². The molecule has 0 aromatic heterocycles. The van der Waals surface area contributed by atoms with Crippen molar-refractivity contribution >= 4 is 23.6 Å². The van der Waals surface area contributed by atoms with Crippen LogP contribution in [0.15, 0.2) is 0 Å². The minimum Gasteiger partial charge on any atom is -0.475 e. The van der Waals surface area contributed by atoms with E-state index in [4.69, 9.17) is 5.11 Å². The summed E-state index contributed by atoms with van der Waals surface area (Å²) in [7, 11) is 0. The Bertz CT molecular complexity index is 599. The molecule has 0 fully saturated rings. The van der Waals surface area contributed by atoms with Crippen molar-refractivity contribution in [2.75, 3.05) is 0 Å². The molecule has 0 aliphatic carbocycles. The van der Waals surface area contributed by atoms with Gasteiger partial charge >= 0.3 is 5.97 Å². The molecule has 4 atom stereocenters. The number of alkyl halides is 2. The van der Waals surface area contributed by atoms with E-state index in [1.54, 1.807) is 0 Å². The van der Waals surface area contributed by atoms with Gasteiger partial charge in [0.25, 0.3) is 5.78 Å². The van der Waals surface area contributed by atoms with Gasteiger partial charge in [-0.1, -0.05) is 48.0 Å². The number of aliphatic carboxylic acids is 1. The molecule has 30 heavy (non-hydrogen) atoms. The highest BCUT2D eigenvalue weighted by atomic mass is 19.3. The lowest BCUT2D eigenvalue weighted by molar-refractivity contribution is -0.151. The molecule has 4 unspecified atom stereocenters. The van der Waals surface area contributed by atoms with Gasteiger partial charge in [-0.2, -0.15) is 0 Å². The maximum Gasteiger partial charge on any atom is 0.374 e. The Morgan fingerprint density at radius 3 is 1.80 bits per heavy atom. The quantitative estimate of drug-likeness (QED) is 0.308. The fourth-order valence-corrected chi connectivity index (χ4v) is 2.89. The summed E-state index contributed by atoms with van der Waals surface area (Å²) < 4.78 is 25.5. The average molecular weight is 436 g/mol. The molecular weight excluding hydrogens is 400 g/mol. The maximum absolute atomic E-state index is 12.8. The molecular formula is C20H35F2N3O5. The van der Waals surface area contributed by atoms with Crippen LogP contribution in [0.5, 0.6) is 0 Å². The minimum atomic E-state index is -2.98. The number of carboxylic acid groups (broad SMARTS) is 1. The molecule has 2 amide bonds. The summed E-state index contributed by atoms with van der Waals surface area (Å²) in [5.74, 6) is -4.81. The maximum atomic E-state index is 12.8. The van der Waals surface area contributed by atoms with Gasteiger partial charge in [0.05, 0.1) is 6.04 Å². The van der Waals surface area contributed by atoms with Crippen LogP contribution in [-0.2, 0) is 19.2 Å². The van der Waals surface area contributed by atoms with Crippen LogP contribution in [0.25, 0.3) is 0 Å². The number of nitrogens with one attached hydrogen (secondary N) is 3. The number of ketones is 1. The van der Waals surface area contributed by atoms with Crippen LogP contribution in [0.2, 0.25) is 0 Å². The molecule has 10 heteroatoms. The number of Topliss-reactive ketones (excluding diaryl/α,β-unsaturated/α-hetero) is 1. The number of hydrogen-bond acceptors (Lipinski definition) is 5. The van der Waals surface area contributed by atoms with Crippen LogP contribution >= 0.6 is 0 Å². The fourth-order valence-electron chi connectivity index (χ4n) is 2.89. The van der Waals surface area contributed by atoms with Gasteiger partial charge in [-0.05, 0) is 18.3 Å². The van der Waals surface area contributed by atoms with E-state index in [0.29, 0.717) is 6.42 Å². The van der Waals surface area contributed by atoms with Crippen molar-refractivity contribution in [3.05, 3.63) is 0 Å². The Labute approximate surface area is 176 Å². The van der Waals surface area contributed by atoms with Crippen molar-refractivity contribution in [2.24, 2.45) is 11.8 Å². The smallest absolute Gasteiger partial charge is 0.374 e.